The monoisotopic (exact) mass is 453 g/mol. The van der Waals surface area contributed by atoms with Gasteiger partial charge in [-0.2, -0.15) is 5.10 Å². The number of aromatic nitrogens is 2. The molecule has 3 rings (SSSR count). The molecule has 0 aliphatic carbocycles. The summed E-state index contributed by atoms with van der Waals surface area (Å²) in [5.41, 5.74) is 5.19. The van der Waals surface area contributed by atoms with Gasteiger partial charge in [0.15, 0.2) is 5.96 Å². The van der Waals surface area contributed by atoms with Crippen molar-refractivity contribution in [1.29, 1.82) is 0 Å². The highest BCUT2D eigenvalue weighted by molar-refractivity contribution is 14.0. The third kappa shape index (κ3) is 4.96. The Labute approximate surface area is 167 Å². The molecule has 1 aliphatic heterocycles. The first-order valence-corrected chi connectivity index (χ1v) is 8.71. The number of benzene rings is 1. The second kappa shape index (κ2) is 9.22. The molecule has 0 fully saturated rings. The molecule has 1 aromatic heterocycles. The second-order valence-electron chi connectivity index (χ2n) is 6.42. The average molecular weight is 453 g/mol. The maximum absolute atomic E-state index is 4.51. The summed E-state index contributed by atoms with van der Waals surface area (Å²) in [5.74, 6) is 0.998. The average Bonchev–Trinajstić information content (AvgIpc) is 2.92. The molecule has 0 bridgehead atoms. The second-order valence-corrected chi connectivity index (χ2v) is 6.42. The number of fused-ring (bicyclic) bond motifs is 1. The highest BCUT2D eigenvalue weighted by Crippen LogP contribution is 2.18. The van der Waals surface area contributed by atoms with Crippen molar-refractivity contribution >= 4 is 29.9 Å². The maximum Gasteiger partial charge on any atom is 0.193 e. The van der Waals surface area contributed by atoms with Crippen LogP contribution in [0.5, 0.6) is 0 Å². The minimum Gasteiger partial charge on any atom is -0.356 e. The van der Waals surface area contributed by atoms with Crippen molar-refractivity contribution in [2.75, 3.05) is 20.1 Å². The lowest BCUT2D eigenvalue weighted by Crippen LogP contribution is -2.44. The van der Waals surface area contributed by atoms with E-state index >= 15 is 0 Å². The van der Waals surface area contributed by atoms with Gasteiger partial charge < -0.3 is 10.2 Å². The summed E-state index contributed by atoms with van der Waals surface area (Å²) >= 11 is 0. The normalized spacial score (nSPS) is 14.0. The van der Waals surface area contributed by atoms with Crippen LogP contribution in [-0.2, 0) is 19.5 Å². The Hall–Kier alpha value is -1.57. The van der Waals surface area contributed by atoms with Crippen LogP contribution in [0, 0.1) is 13.8 Å². The van der Waals surface area contributed by atoms with Crippen molar-refractivity contribution in [3.63, 3.8) is 0 Å². The number of aliphatic imine (C=N–C) groups is 1. The number of hydrogen-bond donors (Lipinski definition) is 1. The van der Waals surface area contributed by atoms with Crippen LogP contribution in [0.15, 0.2) is 35.3 Å². The Morgan fingerprint density at radius 1 is 1.24 bits per heavy atom. The minimum absolute atomic E-state index is 0. The van der Waals surface area contributed by atoms with Crippen molar-refractivity contribution < 1.29 is 0 Å². The van der Waals surface area contributed by atoms with Gasteiger partial charge in [-0.05, 0) is 43.9 Å². The van der Waals surface area contributed by atoms with Crippen molar-refractivity contribution in [3.05, 3.63) is 52.8 Å². The topological polar surface area (TPSA) is 45.5 Å². The molecule has 1 N–H and O–H groups in total. The van der Waals surface area contributed by atoms with E-state index in [1.807, 2.05) is 14.0 Å². The first-order chi connectivity index (χ1) is 11.7. The molecule has 0 radical (unpaired) electrons. The van der Waals surface area contributed by atoms with Gasteiger partial charge in [0.2, 0.25) is 0 Å². The van der Waals surface area contributed by atoms with Crippen LogP contribution >= 0.6 is 24.0 Å². The van der Waals surface area contributed by atoms with Gasteiger partial charge in [0, 0.05) is 38.9 Å². The van der Waals surface area contributed by atoms with Gasteiger partial charge in [0.1, 0.15) is 0 Å². The van der Waals surface area contributed by atoms with Crippen molar-refractivity contribution in [3.8, 4) is 0 Å². The van der Waals surface area contributed by atoms with Gasteiger partial charge in [-0.25, -0.2) is 0 Å². The molecule has 25 heavy (non-hydrogen) atoms. The summed E-state index contributed by atoms with van der Waals surface area (Å²) in [6.07, 6.45) is 2.12. The fourth-order valence-electron chi connectivity index (χ4n) is 3.34. The quantitative estimate of drug-likeness (QED) is 0.335. The fraction of sp³-hybridized carbons (Fsp3) is 0.474. The number of nitrogens with one attached hydrogen (secondary N) is 1. The van der Waals surface area contributed by atoms with Gasteiger partial charge in [0.25, 0.3) is 0 Å². The summed E-state index contributed by atoms with van der Waals surface area (Å²) in [5, 5.41) is 8.01. The molecule has 6 heteroatoms. The Kier molecular flexibility index (Phi) is 7.28. The van der Waals surface area contributed by atoms with Crippen LogP contribution in [0.1, 0.15) is 28.9 Å². The molecule has 1 aromatic carbocycles. The highest BCUT2D eigenvalue weighted by atomic mass is 127. The lowest BCUT2D eigenvalue weighted by molar-refractivity contribution is 0.377. The fourth-order valence-corrected chi connectivity index (χ4v) is 3.34. The van der Waals surface area contributed by atoms with E-state index < -0.39 is 0 Å². The van der Waals surface area contributed by atoms with E-state index in [0.717, 1.165) is 50.7 Å². The van der Waals surface area contributed by atoms with Gasteiger partial charge in [-0.1, -0.05) is 24.3 Å². The molecule has 2 heterocycles. The van der Waals surface area contributed by atoms with Gasteiger partial charge in [0.05, 0.1) is 5.69 Å². The van der Waals surface area contributed by atoms with Crippen LogP contribution < -0.4 is 5.32 Å². The summed E-state index contributed by atoms with van der Waals surface area (Å²) in [4.78, 5) is 6.80. The molecular weight excluding hydrogens is 425 g/mol. The number of nitrogens with zero attached hydrogens (tertiary/aromatic N) is 4. The summed E-state index contributed by atoms with van der Waals surface area (Å²) < 4.78 is 2.08. The predicted molar refractivity (Wildman–Crippen MR) is 114 cm³/mol. The molecule has 0 atom stereocenters. The number of hydrogen-bond acceptors (Lipinski definition) is 2. The summed E-state index contributed by atoms with van der Waals surface area (Å²) in [6, 6.07) is 10.8. The first kappa shape index (κ1) is 19.8. The molecule has 0 spiro atoms. The van der Waals surface area contributed by atoms with Crippen LogP contribution in [0.2, 0.25) is 0 Å². The molecule has 0 unspecified atom stereocenters. The molecule has 0 saturated carbocycles. The standard InChI is InChI=1S/C19H27N5.HI/c1-15-13-16(2)24(22-15)11-6-10-21-19(20-3)23-12-9-17-7-4-5-8-18(17)14-23;/h4-5,7-8,13H,6,9-12,14H2,1-3H3,(H,20,21);1H. The zero-order valence-electron chi connectivity index (χ0n) is 15.3. The predicted octanol–water partition coefficient (Wildman–Crippen LogP) is 3.14. The van der Waals surface area contributed by atoms with Crippen molar-refractivity contribution in [2.24, 2.45) is 4.99 Å². The van der Waals surface area contributed by atoms with Gasteiger partial charge in [-0.15, -0.1) is 24.0 Å². The zero-order chi connectivity index (χ0) is 16.9. The Bertz CT molecular complexity index is 722. The van der Waals surface area contributed by atoms with Crippen LogP contribution in [-0.4, -0.2) is 40.8 Å². The number of guanidine groups is 1. The molecule has 2 aromatic rings. The SMILES string of the molecule is CN=C(NCCCn1nc(C)cc1C)N1CCc2ccccc2C1.I. The Morgan fingerprint density at radius 3 is 2.68 bits per heavy atom. The molecule has 5 nitrogen and oxygen atoms in total. The van der Waals surface area contributed by atoms with Crippen LogP contribution in [0.4, 0.5) is 0 Å². The van der Waals surface area contributed by atoms with Crippen LogP contribution in [0.3, 0.4) is 0 Å². The van der Waals surface area contributed by atoms with Crippen molar-refractivity contribution in [2.45, 2.75) is 39.8 Å². The lowest BCUT2D eigenvalue weighted by atomic mass is 10.0. The highest BCUT2D eigenvalue weighted by Gasteiger charge is 2.18. The van der Waals surface area contributed by atoms with Crippen LogP contribution in [0.25, 0.3) is 0 Å². The van der Waals surface area contributed by atoms with E-state index in [0.29, 0.717) is 0 Å². The van der Waals surface area contributed by atoms with Gasteiger partial charge >= 0.3 is 0 Å². The van der Waals surface area contributed by atoms with E-state index in [9.17, 15) is 0 Å². The molecule has 136 valence electrons. The first-order valence-electron chi connectivity index (χ1n) is 8.71. The third-order valence-corrected chi connectivity index (χ3v) is 4.58. The summed E-state index contributed by atoms with van der Waals surface area (Å²) in [7, 11) is 1.86. The largest absolute Gasteiger partial charge is 0.356 e. The van der Waals surface area contributed by atoms with E-state index in [-0.39, 0.29) is 24.0 Å². The zero-order valence-corrected chi connectivity index (χ0v) is 17.7. The van der Waals surface area contributed by atoms with E-state index in [2.05, 4.69) is 62.2 Å². The minimum atomic E-state index is 0. The van der Waals surface area contributed by atoms with E-state index in [1.54, 1.807) is 0 Å². The number of rotatable bonds is 4. The van der Waals surface area contributed by atoms with Crippen molar-refractivity contribution in [1.82, 2.24) is 20.0 Å². The maximum atomic E-state index is 4.51. The number of aryl methyl sites for hydroxylation is 3. The Morgan fingerprint density at radius 2 is 2.00 bits per heavy atom. The molecule has 1 aliphatic rings. The van der Waals surface area contributed by atoms with Gasteiger partial charge in [-0.3, -0.25) is 9.67 Å². The third-order valence-electron chi connectivity index (χ3n) is 4.58. The lowest BCUT2D eigenvalue weighted by Gasteiger charge is -2.31. The summed E-state index contributed by atoms with van der Waals surface area (Å²) in [6.45, 7) is 7.95. The smallest absolute Gasteiger partial charge is 0.193 e. The Balaban J connectivity index is 0.00000225. The molecule has 0 saturated heterocycles. The van der Waals surface area contributed by atoms with E-state index in [1.165, 1.54) is 16.8 Å². The number of halogens is 1. The molecule has 0 amide bonds. The van der Waals surface area contributed by atoms with E-state index in [4.69, 9.17) is 0 Å². The molecular formula is C19H28IN5.